The van der Waals surface area contributed by atoms with Crippen molar-refractivity contribution in [3.8, 4) is 0 Å². The molecular formula is C8H16O3. The van der Waals surface area contributed by atoms with Gasteiger partial charge in [0.15, 0.2) is 0 Å². The highest BCUT2D eigenvalue weighted by Gasteiger charge is 2.26. The predicted molar refractivity (Wildman–Crippen MR) is 41.4 cm³/mol. The maximum atomic E-state index is 5.39. The van der Waals surface area contributed by atoms with Gasteiger partial charge in [0.2, 0.25) is 0 Å². The lowest BCUT2D eigenvalue weighted by molar-refractivity contribution is -0.0765. The number of ether oxygens (including phenoxy) is 3. The molecule has 3 heteroatoms. The van der Waals surface area contributed by atoms with E-state index in [1.807, 2.05) is 0 Å². The number of hydrogen-bond acceptors (Lipinski definition) is 3. The Hall–Kier alpha value is -0.120. The molecule has 0 amide bonds. The molecule has 1 aliphatic rings. The number of hydrogen-bond donors (Lipinski definition) is 0. The standard InChI is InChI=1S/C8H16O3/c1-3-7(11-6-9-2)4-8-5-10-8/h7-8H,3-6H2,1-2H3. The number of epoxide rings is 1. The highest BCUT2D eigenvalue weighted by atomic mass is 16.7. The Morgan fingerprint density at radius 2 is 2.36 bits per heavy atom. The molecule has 66 valence electrons. The molecule has 0 aromatic rings. The summed E-state index contributed by atoms with van der Waals surface area (Å²) in [5, 5.41) is 0. The summed E-state index contributed by atoms with van der Waals surface area (Å²) < 4.78 is 15.3. The van der Waals surface area contributed by atoms with E-state index in [-0.39, 0.29) is 0 Å². The third-order valence-electron chi connectivity index (χ3n) is 1.81. The van der Waals surface area contributed by atoms with Crippen LogP contribution in [0.1, 0.15) is 19.8 Å². The average molecular weight is 160 g/mol. The second kappa shape index (κ2) is 4.70. The minimum atomic E-state index is 0.308. The van der Waals surface area contributed by atoms with Crippen molar-refractivity contribution in [3.63, 3.8) is 0 Å². The van der Waals surface area contributed by atoms with Gasteiger partial charge in [-0.2, -0.15) is 0 Å². The molecular weight excluding hydrogens is 144 g/mol. The fourth-order valence-electron chi connectivity index (χ4n) is 1.01. The molecule has 1 saturated heterocycles. The van der Waals surface area contributed by atoms with Gasteiger partial charge in [0.1, 0.15) is 6.79 Å². The lowest BCUT2D eigenvalue weighted by atomic mass is 10.1. The molecule has 2 atom stereocenters. The summed E-state index contributed by atoms with van der Waals surface area (Å²) >= 11 is 0. The molecule has 0 bridgehead atoms. The van der Waals surface area contributed by atoms with E-state index >= 15 is 0 Å². The van der Waals surface area contributed by atoms with Crippen LogP contribution in [0.3, 0.4) is 0 Å². The molecule has 0 N–H and O–H groups in total. The topological polar surface area (TPSA) is 31.0 Å². The summed E-state index contributed by atoms with van der Waals surface area (Å²) in [5.41, 5.74) is 0. The van der Waals surface area contributed by atoms with Gasteiger partial charge in [0, 0.05) is 13.5 Å². The lowest BCUT2D eigenvalue weighted by Gasteiger charge is -2.13. The molecule has 1 aliphatic heterocycles. The normalized spacial score (nSPS) is 25.1. The van der Waals surface area contributed by atoms with Gasteiger partial charge in [0.25, 0.3) is 0 Å². The molecule has 0 saturated carbocycles. The molecule has 0 aromatic carbocycles. The van der Waals surface area contributed by atoms with E-state index in [9.17, 15) is 0 Å². The molecule has 0 aliphatic carbocycles. The van der Waals surface area contributed by atoms with Crippen molar-refractivity contribution >= 4 is 0 Å². The first kappa shape index (κ1) is 8.97. The van der Waals surface area contributed by atoms with Crippen LogP contribution in [0, 0.1) is 0 Å². The van der Waals surface area contributed by atoms with E-state index in [4.69, 9.17) is 14.2 Å². The first-order chi connectivity index (χ1) is 5.36. The summed E-state index contributed by atoms with van der Waals surface area (Å²) in [6.45, 7) is 3.42. The van der Waals surface area contributed by atoms with Gasteiger partial charge in [-0.25, -0.2) is 0 Å². The number of rotatable bonds is 6. The van der Waals surface area contributed by atoms with Gasteiger partial charge in [-0.05, 0) is 6.42 Å². The Morgan fingerprint density at radius 1 is 1.64 bits per heavy atom. The highest BCUT2D eigenvalue weighted by Crippen LogP contribution is 2.18. The first-order valence-electron chi connectivity index (χ1n) is 4.09. The number of methoxy groups -OCH3 is 1. The van der Waals surface area contributed by atoms with E-state index in [1.165, 1.54) is 0 Å². The minimum absolute atomic E-state index is 0.308. The van der Waals surface area contributed by atoms with Crippen LogP contribution in [0.4, 0.5) is 0 Å². The molecule has 11 heavy (non-hydrogen) atoms. The Balaban J connectivity index is 2.02. The molecule has 3 nitrogen and oxygen atoms in total. The van der Waals surface area contributed by atoms with E-state index in [2.05, 4.69) is 6.92 Å². The van der Waals surface area contributed by atoms with Crippen LogP contribution in [0.5, 0.6) is 0 Å². The Labute approximate surface area is 67.6 Å². The first-order valence-corrected chi connectivity index (χ1v) is 4.09. The van der Waals surface area contributed by atoms with E-state index in [1.54, 1.807) is 7.11 Å². The van der Waals surface area contributed by atoms with Crippen molar-refractivity contribution < 1.29 is 14.2 Å². The third-order valence-corrected chi connectivity index (χ3v) is 1.81. The summed E-state index contributed by atoms with van der Waals surface area (Å²) in [6, 6.07) is 0. The molecule has 0 spiro atoms. The van der Waals surface area contributed by atoms with Gasteiger partial charge in [0.05, 0.1) is 18.8 Å². The Bertz CT molecular complexity index is 102. The van der Waals surface area contributed by atoms with Crippen LogP contribution in [-0.4, -0.2) is 32.7 Å². The largest absolute Gasteiger partial charge is 0.373 e. The molecule has 1 rings (SSSR count). The zero-order chi connectivity index (χ0) is 8.10. The quantitative estimate of drug-likeness (QED) is 0.432. The third kappa shape index (κ3) is 3.70. The zero-order valence-electron chi connectivity index (χ0n) is 7.21. The average Bonchev–Trinajstić information content (AvgIpc) is 2.81. The van der Waals surface area contributed by atoms with Crippen LogP contribution < -0.4 is 0 Å². The summed E-state index contributed by atoms with van der Waals surface area (Å²) in [4.78, 5) is 0. The Morgan fingerprint density at radius 3 is 2.82 bits per heavy atom. The zero-order valence-corrected chi connectivity index (χ0v) is 7.21. The van der Waals surface area contributed by atoms with E-state index in [0.717, 1.165) is 19.4 Å². The van der Waals surface area contributed by atoms with Gasteiger partial charge in [-0.15, -0.1) is 0 Å². The van der Waals surface area contributed by atoms with Crippen molar-refractivity contribution in [1.82, 2.24) is 0 Å². The van der Waals surface area contributed by atoms with Crippen LogP contribution in [0.15, 0.2) is 0 Å². The second-order valence-electron chi connectivity index (χ2n) is 2.79. The maximum Gasteiger partial charge on any atom is 0.146 e. The smallest absolute Gasteiger partial charge is 0.146 e. The van der Waals surface area contributed by atoms with Crippen LogP contribution in [0.25, 0.3) is 0 Å². The van der Waals surface area contributed by atoms with Crippen LogP contribution in [-0.2, 0) is 14.2 Å². The van der Waals surface area contributed by atoms with Gasteiger partial charge < -0.3 is 14.2 Å². The lowest BCUT2D eigenvalue weighted by Crippen LogP contribution is -2.15. The monoisotopic (exact) mass is 160 g/mol. The van der Waals surface area contributed by atoms with E-state index < -0.39 is 0 Å². The van der Waals surface area contributed by atoms with Gasteiger partial charge in [-0.1, -0.05) is 6.92 Å². The van der Waals surface area contributed by atoms with Crippen molar-refractivity contribution in [2.45, 2.75) is 32.0 Å². The molecule has 0 aromatic heterocycles. The molecule has 0 radical (unpaired) electrons. The highest BCUT2D eigenvalue weighted by molar-refractivity contribution is 4.73. The van der Waals surface area contributed by atoms with Gasteiger partial charge in [-0.3, -0.25) is 0 Å². The van der Waals surface area contributed by atoms with Crippen LogP contribution in [0.2, 0.25) is 0 Å². The fraction of sp³-hybridized carbons (Fsp3) is 1.00. The van der Waals surface area contributed by atoms with E-state index in [0.29, 0.717) is 19.0 Å². The summed E-state index contributed by atoms with van der Waals surface area (Å²) in [6.07, 6.45) is 2.81. The molecule has 1 fully saturated rings. The molecule has 2 unspecified atom stereocenters. The summed E-state index contributed by atoms with van der Waals surface area (Å²) in [5.74, 6) is 0. The van der Waals surface area contributed by atoms with Crippen molar-refractivity contribution in [2.75, 3.05) is 20.5 Å². The van der Waals surface area contributed by atoms with Crippen molar-refractivity contribution in [3.05, 3.63) is 0 Å². The predicted octanol–water partition coefficient (Wildman–Crippen LogP) is 1.17. The fourth-order valence-corrected chi connectivity index (χ4v) is 1.01. The summed E-state index contributed by atoms with van der Waals surface area (Å²) in [7, 11) is 1.64. The second-order valence-corrected chi connectivity index (χ2v) is 2.79. The maximum absolute atomic E-state index is 5.39. The Kier molecular flexibility index (Phi) is 3.83. The van der Waals surface area contributed by atoms with Crippen LogP contribution >= 0.6 is 0 Å². The SMILES string of the molecule is CCC(CC1CO1)OCOC. The van der Waals surface area contributed by atoms with Gasteiger partial charge >= 0.3 is 0 Å². The van der Waals surface area contributed by atoms with Crippen molar-refractivity contribution in [2.24, 2.45) is 0 Å². The van der Waals surface area contributed by atoms with Crippen molar-refractivity contribution in [1.29, 1.82) is 0 Å². The minimum Gasteiger partial charge on any atom is -0.373 e. The molecule has 1 heterocycles.